The zero-order chi connectivity index (χ0) is 20.4. The molecule has 5 nitrogen and oxygen atoms in total. The van der Waals surface area contributed by atoms with Crippen molar-refractivity contribution in [1.82, 2.24) is 0 Å². The first-order valence-corrected chi connectivity index (χ1v) is 9.78. The standard InChI is InChI=1S/C24H25NO4/c1-4-13-28-21-10-6-9-19-17-7-5-8-18(17)23(25-24(19)21)16-11-12-20(29-15(2)26)22(14-16)27-3/h4-7,9-12,14,17-18,23,25H,1,8,13H2,2-3H3. The average Bonchev–Trinajstić information content (AvgIpc) is 3.22. The fraction of sp³-hybridized carbons (Fsp3) is 0.292. The van der Waals surface area contributed by atoms with Crippen LogP contribution in [0.25, 0.3) is 0 Å². The van der Waals surface area contributed by atoms with Crippen LogP contribution in [-0.2, 0) is 4.79 Å². The van der Waals surface area contributed by atoms with E-state index in [0.29, 0.717) is 29.9 Å². The number of fused-ring (bicyclic) bond motifs is 3. The van der Waals surface area contributed by atoms with Crippen molar-refractivity contribution in [2.24, 2.45) is 5.92 Å². The van der Waals surface area contributed by atoms with Gasteiger partial charge in [0.05, 0.1) is 18.8 Å². The van der Waals surface area contributed by atoms with E-state index in [1.165, 1.54) is 12.5 Å². The number of nitrogens with one attached hydrogen (secondary N) is 1. The largest absolute Gasteiger partial charge is 0.493 e. The number of hydrogen-bond acceptors (Lipinski definition) is 5. The Morgan fingerprint density at radius 3 is 2.86 bits per heavy atom. The van der Waals surface area contributed by atoms with Gasteiger partial charge in [-0.2, -0.15) is 0 Å². The van der Waals surface area contributed by atoms with E-state index in [1.807, 2.05) is 24.3 Å². The number of para-hydroxylation sites is 1. The molecule has 1 aliphatic carbocycles. The molecule has 0 radical (unpaired) electrons. The summed E-state index contributed by atoms with van der Waals surface area (Å²) >= 11 is 0. The second-order valence-corrected chi connectivity index (χ2v) is 7.30. The van der Waals surface area contributed by atoms with E-state index >= 15 is 0 Å². The molecule has 0 amide bonds. The third-order valence-corrected chi connectivity index (χ3v) is 5.52. The van der Waals surface area contributed by atoms with Crippen molar-refractivity contribution in [1.29, 1.82) is 0 Å². The molecule has 1 N–H and O–H groups in total. The van der Waals surface area contributed by atoms with Gasteiger partial charge in [0.15, 0.2) is 11.5 Å². The summed E-state index contributed by atoms with van der Waals surface area (Å²) in [5, 5.41) is 3.71. The molecule has 0 fully saturated rings. The molecule has 2 aromatic carbocycles. The lowest BCUT2D eigenvalue weighted by Gasteiger charge is -2.38. The maximum absolute atomic E-state index is 11.4. The van der Waals surface area contributed by atoms with Crippen molar-refractivity contribution < 1.29 is 19.0 Å². The number of allylic oxidation sites excluding steroid dienone is 2. The van der Waals surface area contributed by atoms with Crippen molar-refractivity contribution in [2.45, 2.75) is 25.3 Å². The second-order valence-electron chi connectivity index (χ2n) is 7.30. The molecule has 0 aromatic heterocycles. The predicted molar refractivity (Wildman–Crippen MR) is 113 cm³/mol. The summed E-state index contributed by atoms with van der Waals surface area (Å²) in [7, 11) is 1.58. The van der Waals surface area contributed by atoms with Crippen LogP contribution < -0.4 is 19.5 Å². The Labute approximate surface area is 171 Å². The Morgan fingerprint density at radius 2 is 2.10 bits per heavy atom. The van der Waals surface area contributed by atoms with Crippen LogP contribution in [0.2, 0.25) is 0 Å². The monoisotopic (exact) mass is 391 g/mol. The number of carbonyl (C=O) groups is 1. The Kier molecular flexibility index (Phi) is 5.30. The Morgan fingerprint density at radius 1 is 1.24 bits per heavy atom. The smallest absolute Gasteiger partial charge is 0.308 e. The summed E-state index contributed by atoms with van der Waals surface area (Å²) in [6, 6.07) is 12.0. The molecule has 150 valence electrons. The predicted octanol–water partition coefficient (Wildman–Crippen LogP) is 5.01. The quantitative estimate of drug-likeness (QED) is 0.426. The Bertz CT molecular complexity index is 965. The topological polar surface area (TPSA) is 56.8 Å². The summed E-state index contributed by atoms with van der Waals surface area (Å²) in [5.74, 6) is 2.14. The van der Waals surface area contributed by atoms with E-state index in [9.17, 15) is 4.79 Å². The van der Waals surface area contributed by atoms with Crippen LogP contribution in [0.4, 0.5) is 5.69 Å². The summed E-state index contributed by atoms with van der Waals surface area (Å²) in [6.07, 6.45) is 7.28. The Hall–Kier alpha value is -3.21. The average molecular weight is 391 g/mol. The van der Waals surface area contributed by atoms with Gasteiger partial charge in [-0.15, -0.1) is 0 Å². The molecule has 1 aliphatic heterocycles. The van der Waals surface area contributed by atoms with E-state index in [4.69, 9.17) is 14.2 Å². The zero-order valence-electron chi connectivity index (χ0n) is 16.7. The molecule has 0 spiro atoms. The van der Waals surface area contributed by atoms with Crippen molar-refractivity contribution in [3.8, 4) is 17.2 Å². The second kappa shape index (κ2) is 8.03. The van der Waals surface area contributed by atoms with Gasteiger partial charge < -0.3 is 19.5 Å². The van der Waals surface area contributed by atoms with Crippen LogP contribution in [0, 0.1) is 5.92 Å². The minimum atomic E-state index is -0.371. The fourth-order valence-electron chi connectivity index (χ4n) is 4.31. The number of benzene rings is 2. The van der Waals surface area contributed by atoms with Crippen LogP contribution in [0.5, 0.6) is 17.2 Å². The molecule has 2 aromatic rings. The maximum atomic E-state index is 11.4. The summed E-state index contributed by atoms with van der Waals surface area (Å²) in [5.41, 5.74) is 3.36. The third kappa shape index (κ3) is 3.60. The van der Waals surface area contributed by atoms with Gasteiger partial charge in [0.1, 0.15) is 12.4 Å². The van der Waals surface area contributed by atoms with Crippen LogP contribution >= 0.6 is 0 Å². The van der Waals surface area contributed by atoms with Crippen molar-refractivity contribution in [2.75, 3.05) is 19.0 Å². The normalized spacial score (nSPS) is 21.5. The molecular weight excluding hydrogens is 366 g/mol. The minimum Gasteiger partial charge on any atom is -0.493 e. The van der Waals surface area contributed by atoms with E-state index in [2.05, 4.69) is 30.1 Å². The van der Waals surface area contributed by atoms with E-state index in [-0.39, 0.29) is 12.0 Å². The molecule has 0 saturated heterocycles. The highest BCUT2D eigenvalue weighted by molar-refractivity contribution is 5.71. The van der Waals surface area contributed by atoms with E-state index < -0.39 is 0 Å². The number of anilines is 1. The summed E-state index contributed by atoms with van der Waals surface area (Å²) in [6.45, 7) is 5.58. The minimum absolute atomic E-state index is 0.0799. The van der Waals surface area contributed by atoms with E-state index in [0.717, 1.165) is 23.4 Å². The fourth-order valence-corrected chi connectivity index (χ4v) is 4.31. The lowest BCUT2D eigenvalue weighted by atomic mass is 9.77. The maximum Gasteiger partial charge on any atom is 0.308 e. The first-order valence-electron chi connectivity index (χ1n) is 9.78. The highest BCUT2D eigenvalue weighted by atomic mass is 16.6. The number of esters is 1. The van der Waals surface area contributed by atoms with Crippen molar-refractivity contribution in [3.05, 3.63) is 72.3 Å². The highest BCUT2D eigenvalue weighted by Crippen LogP contribution is 2.52. The molecule has 0 saturated carbocycles. The zero-order valence-corrected chi connectivity index (χ0v) is 16.7. The number of hydrogen-bond donors (Lipinski definition) is 1. The van der Waals surface area contributed by atoms with Gasteiger partial charge >= 0.3 is 5.97 Å². The van der Waals surface area contributed by atoms with Gasteiger partial charge in [0.25, 0.3) is 0 Å². The third-order valence-electron chi connectivity index (χ3n) is 5.52. The molecule has 29 heavy (non-hydrogen) atoms. The van der Waals surface area contributed by atoms with E-state index in [1.54, 1.807) is 19.3 Å². The lowest BCUT2D eigenvalue weighted by Crippen LogP contribution is -2.29. The first kappa shape index (κ1) is 19.1. The van der Waals surface area contributed by atoms with Gasteiger partial charge in [-0.25, -0.2) is 0 Å². The first-order chi connectivity index (χ1) is 14.1. The number of methoxy groups -OCH3 is 1. The Balaban J connectivity index is 1.73. The van der Waals surface area contributed by atoms with Crippen molar-refractivity contribution in [3.63, 3.8) is 0 Å². The van der Waals surface area contributed by atoms with Gasteiger partial charge in [-0.05, 0) is 41.7 Å². The molecule has 1 heterocycles. The molecule has 3 atom stereocenters. The SMILES string of the molecule is C=CCOc1cccc2c1NC(c1ccc(OC(C)=O)c(OC)c1)C1CC=CC21. The van der Waals surface area contributed by atoms with Gasteiger partial charge in [-0.1, -0.05) is 43.0 Å². The van der Waals surface area contributed by atoms with Crippen LogP contribution in [0.1, 0.15) is 36.4 Å². The van der Waals surface area contributed by atoms with Crippen LogP contribution in [0.15, 0.2) is 61.2 Å². The number of rotatable bonds is 6. The van der Waals surface area contributed by atoms with Crippen LogP contribution in [-0.4, -0.2) is 19.7 Å². The van der Waals surface area contributed by atoms with Gasteiger partial charge in [0.2, 0.25) is 0 Å². The summed E-state index contributed by atoms with van der Waals surface area (Å²) < 4.78 is 16.6. The molecular formula is C24H25NO4. The molecule has 5 heteroatoms. The summed E-state index contributed by atoms with van der Waals surface area (Å²) in [4.78, 5) is 11.4. The lowest BCUT2D eigenvalue weighted by molar-refractivity contribution is -0.132. The van der Waals surface area contributed by atoms with Crippen molar-refractivity contribution >= 4 is 11.7 Å². The van der Waals surface area contributed by atoms with Gasteiger partial charge in [-0.3, -0.25) is 4.79 Å². The molecule has 2 aliphatic rings. The van der Waals surface area contributed by atoms with Crippen LogP contribution in [0.3, 0.4) is 0 Å². The molecule has 3 unspecified atom stereocenters. The number of carbonyl (C=O) groups excluding carboxylic acids is 1. The number of ether oxygens (including phenoxy) is 3. The molecule has 0 bridgehead atoms. The highest BCUT2D eigenvalue weighted by Gasteiger charge is 2.39. The van der Waals surface area contributed by atoms with Gasteiger partial charge in [0, 0.05) is 12.8 Å². The molecule has 4 rings (SSSR count).